The van der Waals surface area contributed by atoms with Crippen LogP contribution in [0.2, 0.25) is 0 Å². The summed E-state index contributed by atoms with van der Waals surface area (Å²) in [6, 6.07) is 5.52. The third-order valence-electron chi connectivity index (χ3n) is 3.47. The Labute approximate surface area is 105 Å². The minimum absolute atomic E-state index is 0.132. The predicted molar refractivity (Wildman–Crippen MR) is 66.9 cm³/mol. The maximum Gasteiger partial charge on any atom is 0.186 e. The van der Waals surface area contributed by atoms with Crippen LogP contribution in [0.4, 0.5) is 0 Å². The SMILES string of the molecule is COc1cccc2c1CCC(n1ccnc1)C2=O. The van der Waals surface area contributed by atoms with Crippen LogP contribution in [0.15, 0.2) is 36.9 Å². The Kier molecular flexibility index (Phi) is 2.63. The van der Waals surface area contributed by atoms with Crippen LogP contribution in [-0.2, 0) is 6.42 Å². The van der Waals surface area contributed by atoms with Gasteiger partial charge in [0.15, 0.2) is 5.78 Å². The number of Topliss-reactive ketones (excluding diaryl/α,β-unsaturated/α-hetero) is 1. The number of rotatable bonds is 2. The van der Waals surface area contributed by atoms with E-state index >= 15 is 0 Å². The van der Waals surface area contributed by atoms with Gasteiger partial charge in [-0.25, -0.2) is 4.98 Å². The zero-order chi connectivity index (χ0) is 12.5. The molecule has 0 amide bonds. The monoisotopic (exact) mass is 242 g/mol. The minimum Gasteiger partial charge on any atom is -0.496 e. The van der Waals surface area contributed by atoms with Crippen molar-refractivity contribution in [1.29, 1.82) is 0 Å². The van der Waals surface area contributed by atoms with Gasteiger partial charge in [-0.1, -0.05) is 12.1 Å². The molecule has 1 unspecified atom stereocenters. The van der Waals surface area contributed by atoms with Crippen LogP contribution in [0.5, 0.6) is 5.75 Å². The van der Waals surface area contributed by atoms with Crippen LogP contribution in [0.3, 0.4) is 0 Å². The Morgan fingerprint density at radius 1 is 1.44 bits per heavy atom. The molecule has 4 heteroatoms. The number of methoxy groups -OCH3 is 1. The molecule has 0 radical (unpaired) electrons. The second-order valence-corrected chi connectivity index (χ2v) is 4.42. The molecule has 0 N–H and O–H groups in total. The zero-order valence-corrected chi connectivity index (χ0v) is 10.2. The highest BCUT2D eigenvalue weighted by atomic mass is 16.5. The van der Waals surface area contributed by atoms with Gasteiger partial charge in [0.2, 0.25) is 0 Å². The molecule has 0 aliphatic heterocycles. The molecule has 0 saturated heterocycles. The minimum atomic E-state index is -0.132. The Morgan fingerprint density at radius 2 is 2.33 bits per heavy atom. The molecule has 1 atom stereocenters. The Hall–Kier alpha value is -2.10. The highest BCUT2D eigenvalue weighted by Crippen LogP contribution is 2.33. The van der Waals surface area contributed by atoms with Gasteiger partial charge < -0.3 is 9.30 Å². The number of nitrogens with zero attached hydrogens (tertiary/aromatic N) is 2. The van der Waals surface area contributed by atoms with E-state index < -0.39 is 0 Å². The highest BCUT2D eigenvalue weighted by Gasteiger charge is 2.29. The van der Waals surface area contributed by atoms with Crippen molar-refractivity contribution in [3.05, 3.63) is 48.0 Å². The third-order valence-corrected chi connectivity index (χ3v) is 3.47. The number of carbonyl (C=O) groups is 1. The molecule has 92 valence electrons. The van der Waals surface area contributed by atoms with Crippen LogP contribution < -0.4 is 4.74 Å². The first-order valence-corrected chi connectivity index (χ1v) is 5.99. The van der Waals surface area contributed by atoms with Crippen LogP contribution in [0.1, 0.15) is 28.4 Å². The maximum atomic E-state index is 12.5. The second-order valence-electron chi connectivity index (χ2n) is 4.42. The van der Waals surface area contributed by atoms with E-state index in [9.17, 15) is 4.79 Å². The Bertz CT molecular complexity index is 575. The largest absolute Gasteiger partial charge is 0.496 e. The average Bonchev–Trinajstić information content (AvgIpc) is 2.92. The van der Waals surface area contributed by atoms with Crippen LogP contribution in [0.25, 0.3) is 0 Å². The van der Waals surface area contributed by atoms with Gasteiger partial charge in [0, 0.05) is 23.5 Å². The maximum absolute atomic E-state index is 12.5. The van der Waals surface area contributed by atoms with Crippen LogP contribution in [0, 0.1) is 0 Å². The lowest BCUT2D eigenvalue weighted by atomic mass is 9.86. The average molecular weight is 242 g/mol. The first-order chi connectivity index (χ1) is 8.81. The van der Waals surface area contributed by atoms with Crippen molar-refractivity contribution in [3.63, 3.8) is 0 Å². The van der Waals surface area contributed by atoms with Crippen molar-refractivity contribution < 1.29 is 9.53 Å². The molecule has 4 nitrogen and oxygen atoms in total. The highest BCUT2D eigenvalue weighted by molar-refractivity contribution is 6.01. The predicted octanol–water partition coefficient (Wildman–Crippen LogP) is 2.26. The number of aromatic nitrogens is 2. The number of ketones is 1. The zero-order valence-electron chi connectivity index (χ0n) is 10.2. The summed E-state index contributed by atoms with van der Waals surface area (Å²) < 4.78 is 7.20. The van der Waals surface area contributed by atoms with E-state index in [1.54, 1.807) is 19.6 Å². The second kappa shape index (κ2) is 4.29. The summed E-state index contributed by atoms with van der Waals surface area (Å²) in [5.41, 5.74) is 1.81. The summed E-state index contributed by atoms with van der Waals surface area (Å²) >= 11 is 0. The summed E-state index contributed by atoms with van der Waals surface area (Å²) in [7, 11) is 1.64. The summed E-state index contributed by atoms with van der Waals surface area (Å²) in [5, 5.41) is 0. The Morgan fingerprint density at radius 3 is 3.06 bits per heavy atom. The van der Waals surface area contributed by atoms with Crippen molar-refractivity contribution in [2.75, 3.05) is 7.11 Å². The Balaban J connectivity index is 2.03. The van der Waals surface area contributed by atoms with Crippen molar-refractivity contribution in [2.45, 2.75) is 18.9 Å². The van der Waals surface area contributed by atoms with Gasteiger partial charge in [0.1, 0.15) is 5.75 Å². The van der Waals surface area contributed by atoms with Gasteiger partial charge >= 0.3 is 0 Å². The van der Waals surface area contributed by atoms with E-state index in [0.717, 1.165) is 29.7 Å². The summed E-state index contributed by atoms with van der Waals surface area (Å²) in [6.45, 7) is 0. The van der Waals surface area contributed by atoms with E-state index in [2.05, 4.69) is 4.98 Å². The number of benzene rings is 1. The standard InChI is InChI=1S/C14H14N2O2/c1-18-13-4-2-3-11-10(13)5-6-12(14(11)17)16-8-7-15-9-16/h2-4,7-9,12H,5-6H2,1H3. The van der Waals surface area contributed by atoms with Gasteiger partial charge in [0.25, 0.3) is 0 Å². The number of ether oxygens (including phenoxy) is 1. The molecular weight excluding hydrogens is 228 g/mol. The lowest BCUT2D eigenvalue weighted by Crippen LogP contribution is -2.25. The van der Waals surface area contributed by atoms with Crippen molar-refractivity contribution in [2.24, 2.45) is 0 Å². The molecule has 2 aromatic rings. The molecule has 3 rings (SSSR count). The fourth-order valence-corrected chi connectivity index (χ4v) is 2.58. The van der Waals surface area contributed by atoms with Crippen molar-refractivity contribution in [1.82, 2.24) is 9.55 Å². The third kappa shape index (κ3) is 1.61. The van der Waals surface area contributed by atoms with Gasteiger partial charge in [0.05, 0.1) is 19.5 Å². The topological polar surface area (TPSA) is 44.1 Å². The summed E-state index contributed by atoms with van der Waals surface area (Å²) in [5.74, 6) is 0.957. The first kappa shape index (κ1) is 11.0. The summed E-state index contributed by atoms with van der Waals surface area (Å²) in [6.07, 6.45) is 6.90. The van der Waals surface area contributed by atoms with Crippen LogP contribution in [-0.4, -0.2) is 22.4 Å². The van der Waals surface area contributed by atoms with Crippen LogP contribution >= 0.6 is 0 Å². The van der Waals surface area contributed by atoms with E-state index in [1.807, 2.05) is 29.0 Å². The van der Waals surface area contributed by atoms with E-state index in [4.69, 9.17) is 4.74 Å². The molecule has 0 spiro atoms. The van der Waals surface area contributed by atoms with Crippen molar-refractivity contribution >= 4 is 5.78 Å². The van der Waals surface area contributed by atoms with E-state index in [-0.39, 0.29) is 11.8 Å². The molecule has 0 fully saturated rings. The first-order valence-electron chi connectivity index (χ1n) is 5.99. The molecule has 0 saturated carbocycles. The van der Waals surface area contributed by atoms with Gasteiger partial charge in [-0.15, -0.1) is 0 Å². The molecule has 1 aromatic heterocycles. The molecule has 1 aliphatic rings. The number of hydrogen-bond donors (Lipinski definition) is 0. The molecule has 0 bridgehead atoms. The van der Waals surface area contributed by atoms with E-state index in [0.29, 0.717) is 0 Å². The normalized spacial score (nSPS) is 18.5. The fourth-order valence-electron chi connectivity index (χ4n) is 2.58. The molecule has 1 heterocycles. The quantitative estimate of drug-likeness (QED) is 0.811. The molecular formula is C14H14N2O2. The molecule has 18 heavy (non-hydrogen) atoms. The lowest BCUT2D eigenvalue weighted by molar-refractivity contribution is 0.0907. The number of carbonyl (C=O) groups excluding carboxylic acids is 1. The number of imidazole rings is 1. The number of fused-ring (bicyclic) bond motifs is 1. The van der Waals surface area contributed by atoms with Gasteiger partial charge in [-0.05, 0) is 18.9 Å². The van der Waals surface area contributed by atoms with Crippen molar-refractivity contribution in [3.8, 4) is 5.75 Å². The fraction of sp³-hybridized carbons (Fsp3) is 0.286. The lowest BCUT2D eigenvalue weighted by Gasteiger charge is -2.25. The number of hydrogen-bond acceptors (Lipinski definition) is 3. The molecule has 1 aliphatic carbocycles. The van der Waals surface area contributed by atoms with Gasteiger partial charge in [-0.2, -0.15) is 0 Å². The van der Waals surface area contributed by atoms with E-state index in [1.165, 1.54) is 0 Å². The smallest absolute Gasteiger partial charge is 0.186 e. The molecule has 1 aromatic carbocycles. The van der Waals surface area contributed by atoms with Gasteiger partial charge in [-0.3, -0.25) is 4.79 Å². The summed E-state index contributed by atoms with van der Waals surface area (Å²) in [4.78, 5) is 16.5.